The first-order chi connectivity index (χ1) is 7.49. The minimum atomic E-state index is -3.70. The van der Waals surface area contributed by atoms with Crippen LogP contribution < -0.4 is 4.74 Å². The maximum atomic E-state index is 13.2. The Labute approximate surface area is 99.5 Å². The van der Waals surface area contributed by atoms with E-state index in [1.54, 1.807) is 0 Å². The predicted molar refractivity (Wildman–Crippen MR) is 60.4 cm³/mol. The third kappa shape index (κ3) is 2.14. The summed E-state index contributed by atoms with van der Waals surface area (Å²) in [6.45, 7) is 0. The number of hydrogen-bond acceptors (Lipinski definition) is 4. The predicted octanol–water partition coefficient (Wildman–Crippen LogP) is 2.18. The summed E-state index contributed by atoms with van der Waals surface area (Å²) in [4.78, 5) is 3.60. The smallest absolute Gasteiger partial charge is 0.320 e. The summed E-state index contributed by atoms with van der Waals surface area (Å²) in [5.74, 6) is -0.830. The SMILES string of the molecule is O=S1(=O)C=C(Br)N=C1Oc1ccccc1F. The number of halogens is 2. The van der Waals surface area contributed by atoms with Crippen molar-refractivity contribution in [2.75, 3.05) is 0 Å². The molecule has 0 spiro atoms. The van der Waals surface area contributed by atoms with Gasteiger partial charge in [-0.25, -0.2) is 12.8 Å². The highest BCUT2D eigenvalue weighted by atomic mass is 79.9. The second-order valence-electron chi connectivity index (χ2n) is 2.90. The molecule has 0 unspecified atom stereocenters. The lowest BCUT2D eigenvalue weighted by atomic mass is 10.3. The fraction of sp³-hybridized carbons (Fsp3) is 0. The van der Waals surface area contributed by atoms with Crippen LogP contribution in [0.3, 0.4) is 0 Å². The third-order valence-electron chi connectivity index (χ3n) is 1.73. The van der Waals surface area contributed by atoms with Crippen LogP contribution in [-0.4, -0.2) is 13.6 Å². The standard InChI is InChI=1S/C9H5BrFNO3S/c10-8-5-16(13,14)9(12-8)15-7-4-2-1-3-6(7)11/h1-5H. The quantitative estimate of drug-likeness (QED) is 0.747. The van der Waals surface area contributed by atoms with Gasteiger partial charge in [-0.15, -0.1) is 0 Å². The molecule has 1 heterocycles. The van der Waals surface area contributed by atoms with E-state index in [1.165, 1.54) is 24.3 Å². The van der Waals surface area contributed by atoms with Crippen molar-refractivity contribution in [1.82, 2.24) is 0 Å². The van der Waals surface area contributed by atoms with E-state index in [9.17, 15) is 12.8 Å². The number of nitrogens with zero attached hydrogens (tertiary/aromatic N) is 1. The highest BCUT2D eigenvalue weighted by molar-refractivity contribution is 9.11. The zero-order valence-corrected chi connectivity index (χ0v) is 10.1. The number of rotatable bonds is 1. The normalized spacial score (nSPS) is 17.9. The van der Waals surface area contributed by atoms with Crippen LogP contribution in [0.5, 0.6) is 5.75 Å². The molecule has 84 valence electrons. The second-order valence-corrected chi connectivity index (χ2v) is 5.38. The zero-order valence-electron chi connectivity index (χ0n) is 7.72. The Morgan fingerprint density at radius 3 is 2.56 bits per heavy atom. The topological polar surface area (TPSA) is 55.7 Å². The number of ether oxygens (including phenoxy) is 1. The highest BCUT2D eigenvalue weighted by Crippen LogP contribution is 2.23. The lowest BCUT2D eigenvalue weighted by Crippen LogP contribution is -2.16. The Morgan fingerprint density at radius 2 is 2.00 bits per heavy atom. The van der Waals surface area contributed by atoms with Crippen LogP contribution in [0.15, 0.2) is 39.3 Å². The van der Waals surface area contributed by atoms with E-state index in [0.717, 1.165) is 5.41 Å². The van der Waals surface area contributed by atoms with E-state index in [1.807, 2.05) is 0 Å². The number of benzene rings is 1. The van der Waals surface area contributed by atoms with E-state index in [2.05, 4.69) is 20.9 Å². The van der Waals surface area contributed by atoms with Crippen molar-refractivity contribution in [2.45, 2.75) is 0 Å². The molecule has 2 rings (SSSR count). The molecule has 0 fully saturated rings. The zero-order chi connectivity index (χ0) is 11.8. The average Bonchev–Trinajstić information content (AvgIpc) is 2.43. The van der Waals surface area contributed by atoms with Crippen LogP contribution in [0.4, 0.5) is 4.39 Å². The molecule has 0 bridgehead atoms. The van der Waals surface area contributed by atoms with E-state index >= 15 is 0 Å². The maximum Gasteiger partial charge on any atom is 0.320 e. The summed E-state index contributed by atoms with van der Waals surface area (Å²) in [6, 6.07) is 5.49. The molecular weight excluding hydrogens is 301 g/mol. The van der Waals surface area contributed by atoms with Crippen molar-refractivity contribution in [1.29, 1.82) is 0 Å². The van der Waals surface area contributed by atoms with Crippen molar-refractivity contribution in [3.8, 4) is 5.75 Å². The molecule has 1 aliphatic heterocycles. The minimum absolute atomic E-state index is 0.124. The molecule has 0 saturated carbocycles. The first-order valence-electron chi connectivity index (χ1n) is 4.12. The Balaban J connectivity index is 2.32. The van der Waals surface area contributed by atoms with Gasteiger partial charge in [-0.3, -0.25) is 0 Å². The third-order valence-corrected chi connectivity index (χ3v) is 3.63. The number of aliphatic imine (C=N–C) groups is 1. The molecular formula is C9H5BrFNO3S. The molecule has 0 amide bonds. The Morgan fingerprint density at radius 1 is 1.31 bits per heavy atom. The van der Waals surface area contributed by atoms with Crippen molar-refractivity contribution < 1.29 is 17.5 Å². The monoisotopic (exact) mass is 305 g/mol. The summed E-state index contributed by atoms with van der Waals surface area (Å²) in [5.41, 5.74) is 0. The summed E-state index contributed by atoms with van der Waals surface area (Å²) in [5, 5.41) is 0.355. The lowest BCUT2D eigenvalue weighted by molar-refractivity contribution is 0.495. The van der Waals surface area contributed by atoms with Gasteiger partial charge in [-0.1, -0.05) is 12.1 Å². The largest absolute Gasteiger partial charge is 0.427 e. The average molecular weight is 306 g/mol. The van der Waals surface area contributed by atoms with Gasteiger partial charge in [0.15, 0.2) is 11.6 Å². The Kier molecular flexibility index (Phi) is 2.81. The summed E-state index contributed by atoms with van der Waals surface area (Å²) < 4.78 is 41.0. The van der Waals surface area contributed by atoms with E-state index in [4.69, 9.17) is 4.74 Å². The summed E-state index contributed by atoms with van der Waals surface area (Å²) >= 11 is 2.91. The van der Waals surface area contributed by atoms with Crippen LogP contribution in [0.25, 0.3) is 0 Å². The van der Waals surface area contributed by atoms with Crippen molar-refractivity contribution in [3.63, 3.8) is 0 Å². The van der Waals surface area contributed by atoms with Gasteiger partial charge < -0.3 is 4.74 Å². The Bertz CT molecular complexity index is 595. The molecule has 1 aromatic carbocycles. The van der Waals surface area contributed by atoms with Crippen molar-refractivity contribution in [2.24, 2.45) is 4.99 Å². The van der Waals surface area contributed by atoms with Gasteiger partial charge in [0.05, 0.1) is 5.41 Å². The molecule has 0 N–H and O–H groups in total. The molecule has 0 radical (unpaired) electrons. The Hall–Kier alpha value is -1.21. The van der Waals surface area contributed by atoms with Crippen LogP contribution in [0, 0.1) is 5.82 Å². The van der Waals surface area contributed by atoms with Crippen LogP contribution in [0.2, 0.25) is 0 Å². The fourth-order valence-electron chi connectivity index (χ4n) is 1.06. The van der Waals surface area contributed by atoms with Gasteiger partial charge in [-0.05, 0) is 28.1 Å². The van der Waals surface area contributed by atoms with Gasteiger partial charge in [-0.2, -0.15) is 4.99 Å². The molecule has 4 nitrogen and oxygen atoms in total. The van der Waals surface area contributed by atoms with Gasteiger partial charge in [0.1, 0.15) is 4.61 Å². The van der Waals surface area contributed by atoms with Crippen LogP contribution in [0.1, 0.15) is 0 Å². The first kappa shape index (κ1) is 11.3. The van der Waals surface area contributed by atoms with E-state index in [0.29, 0.717) is 0 Å². The number of sulfone groups is 1. The molecule has 0 aromatic heterocycles. The fourth-order valence-corrected chi connectivity index (χ4v) is 2.92. The van der Waals surface area contributed by atoms with Gasteiger partial charge in [0.25, 0.3) is 9.84 Å². The second kappa shape index (κ2) is 3.99. The van der Waals surface area contributed by atoms with E-state index in [-0.39, 0.29) is 10.4 Å². The maximum absolute atomic E-state index is 13.2. The van der Waals surface area contributed by atoms with Crippen molar-refractivity contribution >= 4 is 31.0 Å². The highest BCUT2D eigenvalue weighted by Gasteiger charge is 2.27. The number of hydrogen-bond donors (Lipinski definition) is 0. The van der Waals surface area contributed by atoms with E-state index < -0.39 is 20.9 Å². The number of para-hydroxylation sites is 1. The molecule has 0 atom stereocenters. The molecule has 1 aliphatic rings. The van der Waals surface area contributed by atoms with Gasteiger partial charge in [0, 0.05) is 0 Å². The summed E-state index contributed by atoms with van der Waals surface area (Å²) in [6.07, 6.45) is 0. The molecule has 7 heteroatoms. The molecule has 0 saturated heterocycles. The van der Waals surface area contributed by atoms with Crippen molar-refractivity contribution in [3.05, 3.63) is 40.1 Å². The molecule has 16 heavy (non-hydrogen) atoms. The first-order valence-corrected chi connectivity index (χ1v) is 6.46. The van der Waals surface area contributed by atoms with Gasteiger partial charge in [0.2, 0.25) is 0 Å². The molecule has 0 aliphatic carbocycles. The molecule has 1 aromatic rings. The minimum Gasteiger partial charge on any atom is -0.427 e. The van der Waals surface area contributed by atoms with Crippen LogP contribution in [-0.2, 0) is 9.84 Å². The lowest BCUT2D eigenvalue weighted by Gasteiger charge is -2.04. The van der Waals surface area contributed by atoms with Crippen LogP contribution >= 0.6 is 15.9 Å². The summed E-state index contributed by atoms with van der Waals surface area (Å²) in [7, 11) is -3.70. The van der Waals surface area contributed by atoms with Gasteiger partial charge >= 0.3 is 5.23 Å².